The van der Waals surface area contributed by atoms with Crippen LogP contribution in [0.4, 0.5) is 0 Å². The van der Waals surface area contributed by atoms with Crippen molar-refractivity contribution < 1.29 is 19.2 Å². The first-order valence-electron chi connectivity index (χ1n) is 7.82. The third kappa shape index (κ3) is 2.98. The molecule has 3 aromatic rings. The number of hydroxylamine groups is 1. The highest BCUT2D eigenvalue weighted by atomic mass is 16.7. The molecule has 0 saturated carbocycles. The second-order valence-electron chi connectivity index (χ2n) is 5.48. The van der Waals surface area contributed by atoms with Gasteiger partial charge in [-0.2, -0.15) is 5.48 Å². The lowest BCUT2D eigenvalue weighted by molar-refractivity contribution is -0.125. The Balaban J connectivity index is 2.03. The summed E-state index contributed by atoms with van der Waals surface area (Å²) >= 11 is 0. The van der Waals surface area contributed by atoms with Crippen molar-refractivity contribution in [3.8, 4) is 16.9 Å². The van der Waals surface area contributed by atoms with E-state index in [4.69, 9.17) is 9.25 Å². The molecule has 5 nitrogen and oxygen atoms in total. The maximum Gasteiger partial charge on any atom is 0.249 e. The minimum atomic E-state index is -0.262. The van der Waals surface area contributed by atoms with E-state index in [1.807, 2.05) is 37.3 Å². The number of nitrogens with one attached hydrogen (secondary N) is 1. The summed E-state index contributed by atoms with van der Waals surface area (Å²) in [7, 11) is 0. The van der Waals surface area contributed by atoms with E-state index in [9.17, 15) is 9.90 Å². The van der Waals surface area contributed by atoms with Crippen LogP contribution in [0.2, 0.25) is 0 Å². The second-order valence-corrected chi connectivity index (χ2v) is 5.48. The topological polar surface area (TPSA) is 71.7 Å². The number of furan rings is 1. The standard InChI is InChI=1S/C19H19NO4/c1-3-17-16(11-21)19-15(5-4-6-18(19)23-17)13-7-9-14(10-8-13)24-20-12(2)22/h4-10,21H,3,11H2,1-2H3,(H,20,22). The average Bonchev–Trinajstić information content (AvgIpc) is 2.98. The number of aryl methyl sites for hydroxylation is 1. The van der Waals surface area contributed by atoms with Gasteiger partial charge in [-0.05, 0) is 29.3 Å². The maximum atomic E-state index is 10.9. The van der Waals surface area contributed by atoms with Gasteiger partial charge in [0.1, 0.15) is 11.3 Å². The van der Waals surface area contributed by atoms with Crippen LogP contribution in [0.1, 0.15) is 25.2 Å². The largest absolute Gasteiger partial charge is 0.461 e. The van der Waals surface area contributed by atoms with Crippen LogP contribution in [-0.2, 0) is 17.8 Å². The number of carbonyl (C=O) groups is 1. The normalized spacial score (nSPS) is 10.8. The van der Waals surface area contributed by atoms with Crippen LogP contribution >= 0.6 is 0 Å². The lowest BCUT2D eigenvalue weighted by atomic mass is 9.98. The van der Waals surface area contributed by atoms with Gasteiger partial charge in [-0.3, -0.25) is 4.79 Å². The molecule has 0 fully saturated rings. The zero-order valence-corrected chi connectivity index (χ0v) is 13.6. The number of hydrogen-bond acceptors (Lipinski definition) is 4. The van der Waals surface area contributed by atoms with Crippen LogP contribution in [0, 0.1) is 0 Å². The Morgan fingerprint density at radius 1 is 1.21 bits per heavy atom. The number of carbonyl (C=O) groups excluding carboxylic acids is 1. The summed E-state index contributed by atoms with van der Waals surface area (Å²) in [6.45, 7) is 3.33. The molecular weight excluding hydrogens is 306 g/mol. The Morgan fingerprint density at radius 2 is 1.96 bits per heavy atom. The van der Waals surface area contributed by atoms with E-state index in [1.54, 1.807) is 12.1 Å². The highest BCUT2D eigenvalue weighted by Gasteiger charge is 2.16. The molecule has 0 aliphatic heterocycles. The maximum absolute atomic E-state index is 10.9. The van der Waals surface area contributed by atoms with Gasteiger partial charge in [0.2, 0.25) is 5.91 Å². The Labute approximate surface area is 139 Å². The lowest BCUT2D eigenvalue weighted by Gasteiger charge is -2.08. The van der Waals surface area contributed by atoms with Gasteiger partial charge >= 0.3 is 0 Å². The first-order chi connectivity index (χ1) is 11.6. The van der Waals surface area contributed by atoms with Crippen molar-refractivity contribution >= 4 is 16.9 Å². The number of fused-ring (bicyclic) bond motifs is 1. The summed E-state index contributed by atoms with van der Waals surface area (Å²) in [5, 5.41) is 10.7. The highest BCUT2D eigenvalue weighted by molar-refractivity contribution is 5.97. The molecule has 1 amide bonds. The van der Waals surface area contributed by atoms with E-state index in [0.29, 0.717) is 5.75 Å². The molecular formula is C19H19NO4. The third-order valence-electron chi connectivity index (χ3n) is 3.85. The van der Waals surface area contributed by atoms with Gasteiger partial charge in [0.25, 0.3) is 0 Å². The van der Waals surface area contributed by atoms with Gasteiger partial charge in [-0.25, -0.2) is 0 Å². The van der Waals surface area contributed by atoms with Crippen LogP contribution in [0.15, 0.2) is 46.9 Å². The minimum Gasteiger partial charge on any atom is -0.461 e. The quantitative estimate of drug-likeness (QED) is 0.703. The van der Waals surface area contributed by atoms with E-state index >= 15 is 0 Å². The number of hydrogen-bond donors (Lipinski definition) is 2. The molecule has 0 aliphatic rings. The first kappa shape index (κ1) is 16.1. The van der Waals surface area contributed by atoms with Gasteiger partial charge in [0.05, 0.1) is 6.61 Å². The fraction of sp³-hybridized carbons (Fsp3) is 0.211. The molecule has 0 bridgehead atoms. The Bertz CT molecular complexity index is 865. The van der Waals surface area contributed by atoms with Crippen molar-refractivity contribution in [3.63, 3.8) is 0 Å². The highest BCUT2D eigenvalue weighted by Crippen LogP contribution is 2.35. The van der Waals surface area contributed by atoms with Crippen LogP contribution in [0.5, 0.6) is 5.75 Å². The van der Waals surface area contributed by atoms with E-state index in [-0.39, 0.29) is 12.5 Å². The van der Waals surface area contributed by atoms with Gasteiger partial charge < -0.3 is 14.4 Å². The monoisotopic (exact) mass is 325 g/mol. The van der Waals surface area contributed by atoms with Crippen LogP contribution in [0.3, 0.4) is 0 Å². The van der Waals surface area contributed by atoms with Crippen molar-refractivity contribution in [2.75, 3.05) is 0 Å². The molecule has 0 radical (unpaired) electrons. The zero-order valence-electron chi connectivity index (χ0n) is 13.6. The Kier molecular flexibility index (Phi) is 4.53. The number of aliphatic hydroxyl groups excluding tert-OH is 1. The molecule has 2 N–H and O–H groups in total. The van der Waals surface area contributed by atoms with Gasteiger partial charge in [0.15, 0.2) is 5.75 Å². The predicted molar refractivity (Wildman–Crippen MR) is 91.4 cm³/mol. The van der Waals surface area contributed by atoms with Crippen molar-refractivity contribution in [2.45, 2.75) is 26.9 Å². The summed E-state index contributed by atoms with van der Waals surface area (Å²) in [6.07, 6.45) is 0.730. The summed E-state index contributed by atoms with van der Waals surface area (Å²) < 4.78 is 5.86. The van der Waals surface area contributed by atoms with Gasteiger partial charge in [0, 0.05) is 24.3 Å². The molecule has 0 aliphatic carbocycles. The molecule has 0 saturated heterocycles. The fourth-order valence-electron chi connectivity index (χ4n) is 2.79. The Hall–Kier alpha value is -2.79. The Morgan fingerprint density at radius 3 is 2.58 bits per heavy atom. The molecule has 1 aromatic heterocycles. The van der Waals surface area contributed by atoms with E-state index < -0.39 is 0 Å². The van der Waals surface area contributed by atoms with Crippen molar-refractivity contribution in [2.24, 2.45) is 0 Å². The van der Waals surface area contributed by atoms with Gasteiger partial charge in [-0.15, -0.1) is 0 Å². The SMILES string of the molecule is CCc1oc2cccc(-c3ccc(ONC(C)=O)cc3)c2c1CO. The lowest BCUT2D eigenvalue weighted by Crippen LogP contribution is -2.23. The van der Waals surface area contributed by atoms with E-state index in [0.717, 1.165) is 39.8 Å². The molecule has 0 spiro atoms. The predicted octanol–water partition coefficient (Wildman–Crippen LogP) is 3.58. The first-order valence-corrected chi connectivity index (χ1v) is 7.82. The molecule has 24 heavy (non-hydrogen) atoms. The van der Waals surface area contributed by atoms with Crippen LogP contribution in [0.25, 0.3) is 22.1 Å². The number of rotatable bonds is 5. The smallest absolute Gasteiger partial charge is 0.249 e. The molecule has 3 rings (SSSR count). The average molecular weight is 325 g/mol. The summed E-state index contributed by atoms with van der Waals surface area (Å²) in [4.78, 5) is 16.0. The molecule has 124 valence electrons. The number of aliphatic hydroxyl groups is 1. The molecule has 1 heterocycles. The molecule has 0 atom stereocenters. The summed E-state index contributed by atoms with van der Waals surface area (Å²) in [5.74, 6) is 1.09. The third-order valence-corrected chi connectivity index (χ3v) is 3.85. The summed E-state index contributed by atoms with van der Waals surface area (Å²) in [5.41, 5.74) is 5.87. The van der Waals surface area contributed by atoms with Crippen LogP contribution < -0.4 is 10.3 Å². The van der Waals surface area contributed by atoms with Crippen molar-refractivity contribution in [1.29, 1.82) is 0 Å². The number of amides is 1. The minimum absolute atomic E-state index is 0.0586. The second kappa shape index (κ2) is 6.76. The summed E-state index contributed by atoms with van der Waals surface area (Å²) in [6, 6.07) is 13.2. The van der Waals surface area contributed by atoms with Crippen molar-refractivity contribution in [3.05, 3.63) is 53.8 Å². The molecule has 2 aromatic carbocycles. The molecule has 0 unspecified atom stereocenters. The van der Waals surface area contributed by atoms with E-state index in [2.05, 4.69) is 5.48 Å². The van der Waals surface area contributed by atoms with Crippen LogP contribution in [-0.4, -0.2) is 11.0 Å². The fourth-order valence-corrected chi connectivity index (χ4v) is 2.79. The van der Waals surface area contributed by atoms with Crippen molar-refractivity contribution in [1.82, 2.24) is 5.48 Å². The zero-order chi connectivity index (χ0) is 17.1. The van der Waals surface area contributed by atoms with E-state index in [1.165, 1.54) is 6.92 Å². The van der Waals surface area contributed by atoms with Gasteiger partial charge in [-0.1, -0.05) is 31.2 Å². The molecule has 5 heteroatoms. The number of benzene rings is 2.